The average Bonchev–Trinajstić information content (AvgIpc) is 2.34. The van der Waals surface area contributed by atoms with Gasteiger partial charge in [-0.15, -0.1) is 0 Å². The number of hydrogen-bond donors (Lipinski definition) is 3. The summed E-state index contributed by atoms with van der Waals surface area (Å²) >= 11 is 0. The fourth-order valence-electron chi connectivity index (χ4n) is 1.77. The number of carboxylic acid groups (broad SMARTS) is 1. The zero-order valence-electron chi connectivity index (χ0n) is 9.53. The molecule has 0 amide bonds. The molecule has 0 aromatic heterocycles. The van der Waals surface area contributed by atoms with E-state index in [9.17, 15) is 4.79 Å². The molecule has 0 spiro atoms. The maximum atomic E-state index is 10.3. The lowest BCUT2D eigenvalue weighted by Gasteiger charge is -2.19. The summed E-state index contributed by atoms with van der Waals surface area (Å²) in [6.07, 6.45) is 0.808. The van der Waals surface area contributed by atoms with Crippen LogP contribution in [-0.4, -0.2) is 37.3 Å². The van der Waals surface area contributed by atoms with Crippen molar-refractivity contribution in [2.75, 3.05) is 31.6 Å². The number of aliphatic carboxylic acids is 1. The molecule has 17 heavy (non-hydrogen) atoms. The van der Waals surface area contributed by atoms with Gasteiger partial charge in [0, 0.05) is 6.54 Å². The Kier molecular flexibility index (Phi) is 3.82. The molecule has 0 atom stereocenters. The molecule has 92 valence electrons. The molecule has 3 N–H and O–H groups in total. The largest absolute Gasteiger partial charge is 0.490 e. The molecule has 1 heterocycles. The Morgan fingerprint density at radius 3 is 3.24 bits per heavy atom. The Morgan fingerprint density at radius 1 is 1.53 bits per heavy atom. The molecule has 2 rings (SSSR count). The van der Waals surface area contributed by atoms with E-state index in [1.807, 2.05) is 12.1 Å². The standard InChI is InChI=1S/C12H16N2O3/c15-12(16)8-13-4-3-9-1-2-11-10(7-9)14-5-6-17-11/h1-2,7,13-14H,3-6,8H2,(H,15,16). The number of fused-ring (bicyclic) bond motifs is 1. The topological polar surface area (TPSA) is 70.6 Å². The summed E-state index contributed by atoms with van der Waals surface area (Å²) < 4.78 is 5.48. The number of benzene rings is 1. The molecular weight excluding hydrogens is 220 g/mol. The fourth-order valence-corrected chi connectivity index (χ4v) is 1.77. The van der Waals surface area contributed by atoms with Gasteiger partial charge in [-0.3, -0.25) is 4.79 Å². The number of carboxylic acids is 1. The highest BCUT2D eigenvalue weighted by Gasteiger charge is 2.09. The van der Waals surface area contributed by atoms with Crippen molar-refractivity contribution in [3.63, 3.8) is 0 Å². The van der Waals surface area contributed by atoms with E-state index in [0.717, 1.165) is 24.4 Å². The molecule has 0 bridgehead atoms. The first-order valence-electron chi connectivity index (χ1n) is 5.68. The zero-order chi connectivity index (χ0) is 12.1. The lowest BCUT2D eigenvalue weighted by Crippen LogP contribution is -2.24. The number of hydrogen-bond acceptors (Lipinski definition) is 4. The Balaban J connectivity index is 1.86. The molecule has 0 unspecified atom stereocenters. The molecule has 5 heteroatoms. The highest BCUT2D eigenvalue weighted by atomic mass is 16.5. The van der Waals surface area contributed by atoms with Crippen LogP contribution in [0.25, 0.3) is 0 Å². The second kappa shape index (κ2) is 5.54. The summed E-state index contributed by atoms with van der Waals surface area (Å²) in [4.78, 5) is 10.3. The molecule has 0 fully saturated rings. The average molecular weight is 236 g/mol. The van der Waals surface area contributed by atoms with Gasteiger partial charge in [0.05, 0.1) is 12.2 Å². The maximum absolute atomic E-state index is 10.3. The number of anilines is 1. The minimum Gasteiger partial charge on any atom is -0.490 e. The van der Waals surface area contributed by atoms with Crippen molar-refractivity contribution in [3.8, 4) is 5.75 Å². The first kappa shape index (κ1) is 11.7. The normalized spacial score (nSPS) is 13.4. The van der Waals surface area contributed by atoms with E-state index >= 15 is 0 Å². The van der Waals surface area contributed by atoms with Crippen LogP contribution in [0.4, 0.5) is 5.69 Å². The van der Waals surface area contributed by atoms with Crippen LogP contribution in [0.3, 0.4) is 0 Å². The molecule has 5 nitrogen and oxygen atoms in total. The smallest absolute Gasteiger partial charge is 0.317 e. The lowest BCUT2D eigenvalue weighted by atomic mass is 10.1. The second-order valence-electron chi connectivity index (χ2n) is 3.93. The van der Waals surface area contributed by atoms with Crippen LogP contribution in [0.2, 0.25) is 0 Å². The molecule has 0 aliphatic carbocycles. The molecule has 1 aliphatic rings. The minimum atomic E-state index is -0.828. The van der Waals surface area contributed by atoms with Crippen molar-refractivity contribution in [2.24, 2.45) is 0 Å². The predicted octanol–water partition coefficient (Wildman–Crippen LogP) is 0.708. The van der Waals surface area contributed by atoms with Crippen molar-refractivity contribution in [3.05, 3.63) is 23.8 Å². The van der Waals surface area contributed by atoms with E-state index in [1.54, 1.807) is 0 Å². The van der Waals surface area contributed by atoms with Gasteiger partial charge in [-0.2, -0.15) is 0 Å². The van der Waals surface area contributed by atoms with E-state index < -0.39 is 5.97 Å². The quantitative estimate of drug-likeness (QED) is 0.657. The van der Waals surface area contributed by atoms with Gasteiger partial charge in [0.1, 0.15) is 12.4 Å². The van der Waals surface area contributed by atoms with Crippen molar-refractivity contribution >= 4 is 11.7 Å². The molecular formula is C12H16N2O3. The van der Waals surface area contributed by atoms with Gasteiger partial charge in [0.15, 0.2) is 0 Å². The van der Waals surface area contributed by atoms with Crippen molar-refractivity contribution < 1.29 is 14.6 Å². The molecule has 1 aromatic carbocycles. The summed E-state index contributed by atoms with van der Waals surface area (Å²) in [5.74, 6) is 0.0593. The van der Waals surface area contributed by atoms with Crippen LogP contribution >= 0.6 is 0 Å². The van der Waals surface area contributed by atoms with E-state index in [2.05, 4.69) is 16.7 Å². The summed E-state index contributed by atoms with van der Waals surface area (Å²) in [5.41, 5.74) is 2.19. The van der Waals surface area contributed by atoms with Gasteiger partial charge in [0.2, 0.25) is 0 Å². The molecule has 1 aliphatic heterocycles. The van der Waals surface area contributed by atoms with Crippen LogP contribution < -0.4 is 15.4 Å². The Bertz CT molecular complexity index is 407. The number of carbonyl (C=O) groups is 1. The van der Waals surface area contributed by atoms with E-state index in [0.29, 0.717) is 13.2 Å². The summed E-state index contributed by atoms with van der Waals surface area (Å²) in [6, 6.07) is 6.01. The van der Waals surface area contributed by atoms with Gasteiger partial charge < -0.3 is 20.5 Å². The predicted molar refractivity (Wildman–Crippen MR) is 64.6 cm³/mol. The molecule has 0 saturated carbocycles. The van der Waals surface area contributed by atoms with Gasteiger partial charge in [-0.25, -0.2) is 0 Å². The number of ether oxygens (including phenoxy) is 1. The first-order valence-corrected chi connectivity index (χ1v) is 5.68. The van der Waals surface area contributed by atoms with Crippen molar-refractivity contribution in [1.82, 2.24) is 5.32 Å². The van der Waals surface area contributed by atoms with Crippen molar-refractivity contribution in [2.45, 2.75) is 6.42 Å². The Labute approximate surface area is 99.8 Å². The van der Waals surface area contributed by atoms with Crippen LogP contribution in [0.15, 0.2) is 18.2 Å². The van der Waals surface area contributed by atoms with E-state index in [4.69, 9.17) is 9.84 Å². The van der Waals surface area contributed by atoms with E-state index in [1.165, 1.54) is 5.56 Å². The van der Waals surface area contributed by atoms with Crippen LogP contribution in [-0.2, 0) is 11.2 Å². The minimum absolute atomic E-state index is 0.00625. The molecule has 1 aromatic rings. The monoisotopic (exact) mass is 236 g/mol. The van der Waals surface area contributed by atoms with E-state index in [-0.39, 0.29) is 6.54 Å². The van der Waals surface area contributed by atoms with Crippen molar-refractivity contribution in [1.29, 1.82) is 0 Å². The Hall–Kier alpha value is -1.75. The summed E-state index contributed by atoms with van der Waals surface area (Å²) in [6.45, 7) is 2.19. The second-order valence-corrected chi connectivity index (χ2v) is 3.93. The highest BCUT2D eigenvalue weighted by Crippen LogP contribution is 2.27. The lowest BCUT2D eigenvalue weighted by molar-refractivity contribution is -0.135. The van der Waals surface area contributed by atoms with Crippen LogP contribution in [0.1, 0.15) is 5.56 Å². The highest BCUT2D eigenvalue weighted by molar-refractivity contribution is 5.69. The number of rotatable bonds is 5. The van der Waals surface area contributed by atoms with Gasteiger partial charge in [-0.05, 0) is 30.7 Å². The van der Waals surface area contributed by atoms with Crippen LogP contribution in [0.5, 0.6) is 5.75 Å². The summed E-state index contributed by atoms with van der Waals surface area (Å²) in [5, 5.41) is 14.6. The molecule has 0 radical (unpaired) electrons. The first-order chi connectivity index (χ1) is 8.25. The maximum Gasteiger partial charge on any atom is 0.317 e. The third kappa shape index (κ3) is 3.35. The van der Waals surface area contributed by atoms with Gasteiger partial charge in [-0.1, -0.05) is 6.07 Å². The third-order valence-electron chi connectivity index (χ3n) is 2.59. The Morgan fingerprint density at radius 2 is 2.41 bits per heavy atom. The third-order valence-corrected chi connectivity index (χ3v) is 2.59. The van der Waals surface area contributed by atoms with Gasteiger partial charge >= 0.3 is 5.97 Å². The fraction of sp³-hybridized carbons (Fsp3) is 0.417. The zero-order valence-corrected chi connectivity index (χ0v) is 9.53. The SMILES string of the molecule is O=C(O)CNCCc1ccc2c(c1)NCCO2. The number of nitrogens with one attached hydrogen (secondary N) is 2. The molecule has 0 saturated heterocycles. The van der Waals surface area contributed by atoms with Crippen LogP contribution in [0, 0.1) is 0 Å². The summed E-state index contributed by atoms with van der Waals surface area (Å²) in [7, 11) is 0. The van der Waals surface area contributed by atoms with Gasteiger partial charge in [0.25, 0.3) is 0 Å².